The first kappa shape index (κ1) is 18.4. The molecule has 1 aliphatic heterocycles. The van der Waals surface area contributed by atoms with Gasteiger partial charge in [0, 0.05) is 29.6 Å². The molecule has 7 heteroatoms. The van der Waals surface area contributed by atoms with Crippen LogP contribution in [0.3, 0.4) is 0 Å². The molecule has 0 atom stereocenters. The predicted molar refractivity (Wildman–Crippen MR) is 99.6 cm³/mol. The number of hydrogen-bond acceptors (Lipinski definition) is 3. The molecule has 1 heterocycles. The molecule has 26 heavy (non-hydrogen) atoms. The van der Waals surface area contributed by atoms with Crippen LogP contribution in [0.5, 0.6) is 0 Å². The highest BCUT2D eigenvalue weighted by Gasteiger charge is 2.34. The number of imide groups is 1. The van der Waals surface area contributed by atoms with Gasteiger partial charge < -0.3 is 5.32 Å². The third-order valence-electron chi connectivity index (χ3n) is 4.17. The summed E-state index contributed by atoms with van der Waals surface area (Å²) < 4.78 is 0. The van der Waals surface area contributed by atoms with Gasteiger partial charge >= 0.3 is 0 Å². The molecule has 134 valence electrons. The number of nitrogens with one attached hydrogen (secondary N) is 1. The van der Waals surface area contributed by atoms with E-state index in [2.05, 4.69) is 5.32 Å². The smallest absolute Gasteiger partial charge is 0.261 e. The lowest BCUT2D eigenvalue weighted by atomic mass is 10.1. The van der Waals surface area contributed by atoms with Gasteiger partial charge in [-0.25, -0.2) is 0 Å². The second kappa shape index (κ2) is 7.89. The Labute approximate surface area is 160 Å². The van der Waals surface area contributed by atoms with Gasteiger partial charge in [0.15, 0.2) is 0 Å². The summed E-state index contributed by atoms with van der Waals surface area (Å²) >= 11 is 11.9. The van der Waals surface area contributed by atoms with Gasteiger partial charge in [-0.3, -0.25) is 19.3 Å². The quantitative estimate of drug-likeness (QED) is 0.769. The third kappa shape index (κ3) is 3.89. The summed E-state index contributed by atoms with van der Waals surface area (Å²) in [6.45, 7) is 0.461. The number of carbonyl (C=O) groups excluding carboxylic acids is 3. The zero-order chi connectivity index (χ0) is 18.7. The van der Waals surface area contributed by atoms with Crippen LogP contribution in [0.25, 0.3) is 0 Å². The van der Waals surface area contributed by atoms with E-state index in [1.54, 1.807) is 36.4 Å². The molecule has 0 aliphatic carbocycles. The Hall–Kier alpha value is -2.37. The summed E-state index contributed by atoms with van der Waals surface area (Å²) in [5, 5.41) is 3.88. The summed E-state index contributed by atoms with van der Waals surface area (Å²) in [5.74, 6) is -0.940. The number of halogens is 2. The number of benzene rings is 2. The van der Waals surface area contributed by atoms with Crippen molar-refractivity contribution in [2.24, 2.45) is 0 Å². The molecule has 2 aromatic rings. The van der Waals surface area contributed by atoms with Gasteiger partial charge in [0.25, 0.3) is 11.8 Å². The Morgan fingerprint density at radius 3 is 2.27 bits per heavy atom. The van der Waals surface area contributed by atoms with Crippen molar-refractivity contribution in [1.82, 2.24) is 10.2 Å². The highest BCUT2D eigenvalue weighted by molar-refractivity contribution is 6.35. The van der Waals surface area contributed by atoms with Crippen molar-refractivity contribution < 1.29 is 14.4 Å². The minimum Gasteiger partial charge on any atom is -0.356 e. The Morgan fingerprint density at radius 1 is 1.00 bits per heavy atom. The first-order valence-corrected chi connectivity index (χ1v) is 8.89. The number of amides is 3. The number of rotatable bonds is 6. The molecule has 1 aliphatic rings. The van der Waals surface area contributed by atoms with Crippen molar-refractivity contribution in [1.29, 1.82) is 0 Å². The van der Waals surface area contributed by atoms with Gasteiger partial charge in [-0.1, -0.05) is 41.4 Å². The normalized spacial score (nSPS) is 13.1. The van der Waals surface area contributed by atoms with Crippen molar-refractivity contribution in [3.63, 3.8) is 0 Å². The zero-order valence-electron chi connectivity index (χ0n) is 13.8. The van der Waals surface area contributed by atoms with Gasteiger partial charge in [-0.15, -0.1) is 0 Å². The molecule has 0 radical (unpaired) electrons. The van der Waals surface area contributed by atoms with Crippen LogP contribution in [0.4, 0.5) is 0 Å². The van der Waals surface area contributed by atoms with Crippen LogP contribution >= 0.6 is 23.2 Å². The summed E-state index contributed by atoms with van der Waals surface area (Å²) in [6.07, 6.45) is 0.620. The van der Waals surface area contributed by atoms with Gasteiger partial charge in [-0.2, -0.15) is 0 Å². The molecular formula is C19H16Cl2N2O3. The van der Waals surface area contributed by atoms with E-state index >= 15 is 0 Å². The highest BCUT2D eigenvalue weighted by Crippen LogP contribution is 2.23. The van der Waals surface area contributed by atoms with Gasteiger partial charge in [0.1, 0.15) is 0 Å². The molecule has 3 rings (SSSR count). The molecule has 1 N–H and O–H groups in total. The maximum Gasteiger partial charge on any atom is 0.261 e. The molecule has 0 saturated carbocycles. The molecule has 0 saturated heterocycles. The molecule has 3 amide bonds. The molecule has 5 nitrogen and oxygen atoms in total. The van der Waals surface area contributed by atoms with E-state index in [0.29, 0.717) is 34.1 Å². The molecule has 0 bridgehead atoms. The van der Waals surface area contributed by atoms with E-state index in [9.17, 15) is 14.4 Å². The molecular weight excluding hydrogens is 375 g/mol. The maximum atomic E-state index is 12.2. The lowest BCUT2D eigenvalue weighted by Crippen LogP contribution is -2.35. The Bertz CT molecular complexity index is 848. The SMILES string of the molecule is O=C(CCN1C(=O)c2ccccc2C1=O)NCCc1ccc(Cl)cc1Cl. The van der Waals surface area contributed by atoms with Crippen LogP contribution in [0.15, 0.2) is 42.5 Å². The van der Waals surface area contributed by atoms with E-state index in [1.807, 2.05) is 6.07 Å². The first-order chi connectivity index (χ1) is 12.5. The second-order valence-corrected chi connectivity index (χ2v) is 6.74. The molecule has 0 spiro atoms. The average molecular weight is 391 g/mol. The first-order valence-electron chi connectivity index (χ1n) is 8.13. The monoisotopic (exact) mass is 390 g/mol. The van der Waals surface area contributed by atoms with E-state index in [-0.39, 0.29) is 30.7 Å². The summed E-state index contributed by atoms with van der Waals surface area (Å²) in [4.78, 5) is 37.6. The molecule has 0 unspecified atom stereocenters. The second-order valence-electron chi connectivity index (χ2n) is 5.89. The minimum absolute atomic E-state index is 0.0554. The largest absolute Gasteiger partial charge is 0.356 e. The van der Waals surface area contributed by atoms with Crippen molar-refractivity contribution in [3.8, 4) is 0 Å². The van der Waals surface area contributed by atoms with E-state index in [4.69, 9.17) is 23.2 Å². The zero-order valence-corrected chi connectivity index (χ0v) is 15.3. The number of fused-ring (bicyclic) bond motifs is 1. The highest BCUT2D eigenvalue weighted by atomic mass is 35.5. The molecule has 0 fully saturated rings. The number of carbonyl (C=O) groups is 3. The fraction of sp³-hybridized carbons (Fsp3) is 0.211. The van der Waals surface area contributed by atoms with Crippen LogP contribution in [0.1, 0.15) is 32.7 Å². The Balaban J connectivity index is 1.48. The van der Waals surface area contributed by atoms with Crippen molar-refractivity contribution in [2.75, 3.05) is 13.1 Å². The lowest BCUT2D eigenvalue weighted by molar-refractivity contribution is -0.121. The maximum absolute atomic E-state index is 12.2. The number of hydrogen-bond donors (Lipinski definition) is 1. The summed E-state index contributed by atoms with van der Waals surface area (Å²) in [5.41, 5.74) is 1.65. The van der Waals surface area contributed by atoms with Crippen LogP contribution in [-0.4, -0.2) is 35.7 Å². The topological polar surface area (TPSA) is 66.5 Å². The van der Waals surface area contributed by atoms with Crippen LogP contribution < -0.4 is 5.32 Å². The summed E-state index contributed by atoms with van der Waals surface area (Å²) in [6, 6.07) is 11.9. The number of nitrogens with zero attached hydrogens (tertiary/aromatic N) is 1. The average Bonchev–Trinajstić information content (AvgIpc) is 2.86. The van der Waals surface area contributed by atoms with Crippen LogP contribution in [0, 0.1) is 0 Å². The lowest BCUT2D eigenvalue weighted by Gasteiger charge is -2.13. The van der Waals surface area contributed by atoms with Crippen molar-refractivity contribution in [3.05, 3.63) is 69.2 Å². The van der Waals surface area contributed by atoms with E-state index in [0.717, 1.165) is 10.5 Å². The Morgan fingerprint density at radius 2 is 1.65 bits per heavy atom. The predicted octanol–water partition coefficient (Wildman–Crippen LogP) is 3.34. The van der Waals surface area contributed by atoms with Crippen molar-refractivity contribution in [2.45, 2.75) is 12.8 Å². The fourth-order valence-corrected chi connectivity index (χ4v) is 3.31. The van der Waals surface area contributed by atoms with Gasteiger partial charge in [0.05, 0.1) is 11.1 Å². The van der Waals surface area contributed by atoms with Crippen LogP contribution in [0.2, 0.25) is 10.0 Å². The third-order valence-corrected chi connectivity index (χ3v) is 4.76. The minimum atomic E-state index is -0.355. The van der Waals surface area contributed by atoms with Gasteiger partial charge in [0.2, 0.25) is 5.91 Å². The molecule has 0 aromatic heterocycles. The van der Waals surface area contributed by atoms with Crippen LogP contribution in [-0.2, 0) is 11.2 Å². The standard InChI is InChI=1S/C19H16Cl2N2O3/c20-13-6-5-12(16(21)11-13)7-9-22-17(24)8-10-23-18(25)14-3-1-2-4-15(14)19(23)26/h1-6,11H,7-10H2,(H,22,24). The fourth-order valence-electron chi connectivity index (χ4n) is 2.80. The van der Waals surface area contributed by atoms with E-state index in [1.165, 1.54) is 0 Å². The van der Waals surface area contributed by atoms with Gasteiger partial charge in [-0.05, 0) is 36.2 Å². The van der Waals surface area contributed by atoms with E-state index < -0.39 is 0 Å². The summed E-state index contributed by atoms with van der Waals surface area (Å²) in [7, 11) is 0. The Kier molecular flexibility index (Phi) is 5.59. The molecule has 2 aromatic carbocycles. The van der Waals surface area contributed by atoms with Crippen molar-refractivity contribution >= 4 is 40.9 Å².